The summed E-state index contributed by atoms with van der Waals surface area (Å²) in [5, 5.41) is 2.41. The van der Waals surface area contributed by atoms with Gasteiger partial charge in [0.25, 0.3) is 11.8 Å². The molecule has 0 aliphatic rings. The largest absolute Gasteiger partial charge is 0.491 e. The molecule has 0 atom stereocenters. The molecule has 0 heterocycles. The molecular weight excluding hydrogens is 542 g/mol. The monoisotopic (exact) mass is 559 g/mol. The van der Waals surface area contributed by atoms with Crippen LogP contribution in [0.15, 0.2) is 51.4 Å². The molecule has 2 aromatic rings. The predicted octanol–water partition coefficient (Wildman–Crippen LogP) is 2.95. The van der Waals surface area contributed by atoms with E-state index in [9.17, 15) is 9.59 Å². The van der Waals surface area contributed by atoms with Crippen molar-refractivity contribution in [2.24, 2.45) is 0 Å². The minimum Gasteiger partial charge on any atom is -0.491 e. The first-order valence-electron chi connectivity index (χ1n) is 8.59. The quantitative estimate of drug-likeness (QED) is 0.259. The molecule has 30 heavy (non-hydrogen) atoms. The lowest BCUT2D eigenvalue weighted by atomic mass is 10.2. The number of halogens is 2. The number of benzene rings is 2. The molecule has 11 heteroatoms. The van der Waals surface area contributed by atoms with E-state index in [1.807, 2.05) is 0 Å². The van der Waals surface area contributed by atoms with Crippen molar-refractivity contribution in [2.75, 3.05) is 26.9 Å². The van der Waals surface area contributed by atoms with Gasteiger partial charge in [0.15, 0.2) is 11.7 Å². The molecule has 0 spiro atoms. The Labute approximate surface area is 195 Å². The predicted molar refractivity (Wildman–Crippen MR) is 122 cm³/mol. The van der Waals surface area contributed by atoms with E-state index < -0.39 is 11.8 Å². The maximum atomic E-state index is 12.2. The number of carbonyl (C=O) groups excluding carboxylic acids is 2. The molecule has 0 aliphatic carbocycles. The van der Waals surface area contributed by atoms with E-state index >= 15 is 0 Å². The zero-order chi connectivity index (χ0) is 21.9. The van der Waals surface area contributed by atoms with Gasteiger partial charge >= 0.3 is 0 Å². The lowest BCUT2D eigenvalue weighted by Gasteiger charge is -2.12. The highest BCUT2D eigenvalue weighted by molar-refractivity contribution is 9.11. The van der Waals surface area contributed by atoms with Gasteiger partial charge in [-0.1, -0.05) is 15.9 Å². The third-order valence-corrected chi connectivity index (χ3v) is 4.78. The summed E-state index contributed by atoms with van der Waals surface area (Å²) >= 11 is 11.7. The molecule has 0 unspecified atom stereocenters. The molecule has 0 saturated heterocycles. The zero-order valence-corrected chi connectivity index (χ0v) is 19.9. The van der Waals surface area contributed by atoms with Gasteiger partial charge in [0.1, 0.15) is 18.1 Å². The minimum absolute atomic E-state index is 0.0569. The summed E-state index contributed by atoms with van der Waals surface area (Å²) in [7, 11) is 1.59. The van der Waals surface area contributed by atoms with E-state index in [-0.39, 0.29) is 11.7 Å². The summed E-state index contributed by atoms with van der Waals surface area (Å²) in [5.41, 5.74) is 5.19. The van der Waals surface area contributed by atoms with Crippen molar-refractivity contribution in [3.63, 3.8) is 0 Å². The second-order valence-electron chi connectivity index (χ2n) is 5.69. The maximum Gasteiger partial charge on any atom is 0.276 e. The smallest absolute Gasteiger partial charge is 0.276 e. The number of rotatable bonds is 8. The third-order valence-electron chi connectivity index (χ3n) is 3.47. The fourth-order valence-electron chi connectivity index (χ4n) is 2.05. The molecule has 0 saturated carbocycles. The average molecular weight is 561 g/mol. The Morgan fingerprint density at radius 2 is 1.73 bits per heavy atom. The van der Waals surface area contributed by atoms with Gasteiger partial charge in [0.05, 0.1) is 11.1 Å². The van der Waals surface area contributed by atoms with Crippen LogP contribution in [0.1, 0.15) is 10.4 Å². The standard InChI is InChI=1S/C19H19Br2N3O5S/c1-27-8-9-28-14-5-2-12(3-6-14)18(26)22-19(30)24-23-17(25)11-29-16-7-4-13(20)10-15(16)21/h2-7,10H,8-9,11H2,1H3,(H,23,25)(H2,22,24,26,30). The zero-order valence-electron chi connectivity index (χ0n) is 15.9. The molecule has 0 fully saturated rings. The van der Waals surface area contributed by atoms with E-state index in [1.54, 1.807) is 49.6 Å². The fraction of sp³-hybridized carbons (Fsp3) is 0.211. The van der Waals surface area contributed by atoms with Gasteiger partial charge in [-0.05, 0) is 70.6 Å². The van der Waals surface area contributed by atoms with E-state index in [4.69, 9.17) is 26.4 Å². The topological polar surface area (TPSA) is 97.9 Å². The van der Waals surface area contributed by atoms with Crippen molar-refractivity contribution in [1.29, 1.82) is 0 Å². The van der Waals surface area contributed by atoms with Gasteiger partial charge in [-0.3, -0.25) is 25.8 Å². The first kappa shape index (κ1) is 24.1. The second-order valence-corrected chi connectivity index (χ2v) is 7.86. The van der Waals surface area contributed by atoms with Crippen LogP contribution < -0.4 is 25.6 Å². The van der Waals surface area contributed by atoms with E-state index in [0.717, 1.165) is 4.47 Å². The van der Waals surface area contributed by atoms with Crippen LogP contribution in [0.4, 0.5) is 0 Å². The average Bonchev–Trinajstić information content (AvgIpc) is 2.72. The van der Waals surface area contributed by atoms with Crippen LogP contribution in [0.3, 0.4) is 0 Å². The summed E-state index contributed by atoms with van der Waals surface area (Å²) < 4.78 is 17.3. The molecule has 0 aliphatic heterocycles. The van der Waals surface area contributed by atoms with Gasteiger partial charge in [0, 0.05) is 17.1 Å². The number of hydrogen-bond acceptors (Lipinski definition) is 6. The minimum atomic E-state index is -0.473. The lowest BCUT2D eigenvalue weighted by molar-refractivity contribution is -0.123. The van der Waals surface area contributed by atoms with Crippen molar-refractivity contribution in [3.8, 4) is 11.5 Å². The van der Waals surface area contributed by atoms with E-state index in [0.29, 0.717) is 34.7 Å². The maximum absolute atomic E-state index is 12.2. The molecule has 2 amide bonds. The van der Waals surface area contributed by atoms with Crippen LogP contribution >= 0.6 is 44.1 Å². The van der Waals surface area contributed by atoms with Crippen LogP contribution in [-0.2, 0) is 9.53 Å². The SMILES string of the molecule is COCCOc1ccc(C(=O)NC(=S)NNC(=O)COc2ccc(Br)cc2Br)cc1. The molecule has 0 radical (unpaired) electrons. The van der Waals surface area contributed by atoms with Gasteiger partial charge in [0.2, 0.25) is 0 Å². The molecule has 8 nitrogen and oxygen atoms in total. The number of hydrogen-bond donors (Lipinski definition) is 3. The van der Waals surface area contributed by atoms with Crippen molar-refractivity contribution in [1.82, 2.24) is 16.2 Å². The Balaban J connectivity index is 1.72. The molecule has 160 valence electrons. The highest BCUT2D eigenvalue weighted by Gasteiger charge is 2.10. The molecule has 2 rings (SSSR count). The number of amides is 2. The van der Waals surface area contributed by atoms with Crippen LogP contribution in [0.25, 0.3) is 0 Å². The number of carbonyl (C=O) groups is 2. The van der Waals surface area contributed by atoms with Gasteiger partial charge in [-0.2, -0.15) is 0 Å². The summed E-state index contributed by atoms with van der Waals surface area (Å²) in [5.74, 6) is 0.229. The summed E-state index contributed by atoms with van der Waals surface area (Å²) in [4.78, 5) is 24.1. The van der Waals surface area contributed by atoms with Crippen LogP contribution in [0, 0.1) is 0 Å². The Kier molecular flexibility index (Phi) is 10.0. The van der Waals surface area contributed by atoms with Gasteiger partial charge in [-0.25, -0.2) is 0 Å². The molecule has 0 aromatic heterocycles. The second kappa shape index (κ2) is 12.5. The Hall–Kier alpha value is -2.21. The lowest BCUT2D eigenvalue weighted by Crippen LogP contribution is -2.49. The first-order chi connectivity index (χ1) is 14.4. The first-order valence-corrected chi connectivity index (χ1v) is 10.6. The van der Waals surface area contributed by atoms with E-state index in [2.05, 4.69) is 48.0 Å². The van der Waals surface area contributed by atoms with Crippen molar-refractivity contribution in [3.05, 3.63) is 57.0 Å². The van der Waals surface area contributed by atoms with Gasteiger partial charge < -0.3 is 14.2 Å². The molecule has 2 aromatic carbocycles. The Bertz CT molecular complexity index is 896. The van der Waals surface area contributed by atoms with Crippen molar-refractivity contribution >= 4 is 61.0 Å². The molecular formula is C19H19Br2N3O5S. The number of ether oxygens (including phenoxy) is 3. The van der Waals surface area contributed by atoms with Gasteiger partial charge in [-0.15, -0.1) is 0 Å². The van der Waals surface area contributed by atoms with Crippen LogP contribution in [-0.4, -0.2) is 43.9 Å². The number of methoxy groups -OCH3 is 1. The molecule has 0 bridgehead atoms. The molecule has 3 N–H and O–H groups in total. The highest BCUT2D eigenvalue weighted by atomic mass is 79.9. The Morgan fingerprint density at radius 3 is 2.40 bits per heavy atom. The summed E-state index contributed by atoms with van der Waals surface area (Å²) in [6.45, 7) is 0.645. The Morgan fingerprint density at radius 1 is 1.00 bits per heavy atom. The number of hydrazine groups is 1. The fourth-order valence-corrected chi connectivity index (χ4v) is 3.36. The van der Waals surface area contributed by atoms with Crippen molar-refractivity contribution < 1.29 is 23.8 Å². The number of thiocarbonyl (C=S) groups is 1. The van der Waals surface area contributed by atoms with Crippen molar-refractivity contribution in [2.45, 2.75) is 0 Å². The summed E-state index contributed by atoms with van der Waals surface area (Å²) in [6, 6.07) is 11.8. The highest BCUT2D eigenvalue weighted by Crippen LogP contribution is 2.28. The van der Waals surface area contributed by atoms with Crippen LogP contribution in [0.2, 0.25) is 0 Å². The third kappa shape index (κ3) is 8.27. The van der Waals surface area contributed by atoms with Crippen LogP contribution in [0.5, 0.6) is 11.5 Å². The summed E-state index contributed by atoms with van der Waals surface area (Å²) in [6.07, 6.45) is 0. The number of nitrogens with one attached hydrogen (secondary N) is 3. The van der Waals surface area contributed by atoms with E-state index in [1.165, 1.54) is 0 Å². The normalized spacial score (nSPS) is 10.1.